The maximum atomic E-state index is 11.9. The molecule has 3 heteroatoms. The van der Waals surface area contributed by atoms with Crippen LogP contribution in [0.25, 0.3) is 0 Å². The maximum absolute atomic E-state index is 11.9. The minimum absolute atomic E-state index is 0.271. The van der Waals surface area contributed by atoms with Gasteiger partial charge in [0, 0.05) is 0 Å². The predicted molar refractivity (Wildman–Crippen MR) is 65.0 cm³/mol. The van der Waals surface area contributed by atoms with Crippen LogP contribution >= 0.6 is 0 Å². The van der Waals surface area contributed by atoms with Crippen molar-refractivity contribution < 1.29 is 14.3 Å². The van der Waals surface area contributed by atoms with E-state index in [1.54, 1.807) is 0 Å². The van der Waals surface area contributed by atoms with E-state index < -0.39 is 11.7 Å². The Morgan fingerprint density at radius 1 is 1.35 bits per heavy atom. The van der Waals surface area contributed by atoms with E-state index in [-0.39, 0.29) is 5.97 Å². The Bertz CT molecular complexity index is 418. The first-order valence-electron chi connectivity index (χ1n) is 5.93. The van der Waals surface area contributed by atoms with Gasteiger partial charge in [-0.1, -0.05) is 18.2 Å². The van der Waals surface area contributed by atoms with Crippen molar-refractivity contribution in [3.05, 3.63) is 29.8 Å². The number of rotatable bonds is 1. The van der Waals surface area contributed by atoms with Crippen LogP contribution in [0.15, 0.2) is 24.3 Å². The molecule has 0 unspecified atom stereocenters. The summed E-state index contributed by atoms with van der Waals surface area (Å²) in [6.07, 6.45) is 1.08. The molecule has 0 radical (unpaired) electrons. The molecule has 1 aliphatic heterocycles. The fraction of sp³-hybridized carbons (Fsp3) is 0.500. The summed E-state index contributed by atoms with van der Waals surface area (Å²) in [5.41, 5.74) is 0.699. The van der Waals surface area contributed by atoms with Crippen molar-refractivity contribution in [3.63, 3.8) is 0 Å². The SMILES string of the molecule is CC(C)(C)OC(=O)[C@H]1CCc2ccccc2O1. The van der Waals surface area contributed by atoms with E-state index >= 15 is 0 Å². The third-order valence-electron chi connectivity index (χ3n) is 2.59. The predicted octanol–water partition coefficient (Wildman–Crippen LogP) is 2.72. The van der Waals surface area contributed by atoms with Crippen molar-refractivity contribution in [2.24, 2.45) is 0 Å². The minimum atomic E-state index is -0.468. The van der Waals surface area contributed by atoms with Gasteiger partial charge in [0.15, 0.2) is 6.10 Å². The number of carbonyl (C=O) groups is 1. The van der Waals surface area contributed by atoms with E-state index in [1.807, 2.05) is 45.0 Å². The number of hydrogen-bond donors (Lipinski definition) is 0. The largest absolute Gasteiger partial charge is 0.478 e. The van der Waals surface area contributed by atoms with Crippen LogP contribution in [0, 0.1) is 0 Å². The standard InChI is InChI=1S/C14H18O3/c1-14(2,3)17-13(15)12-9-8-10-6-4-5-7-11(10)16-12/h4-7,12H,8-9H2,1-3H3/t12-/m1/s1. The summed E-state index contributed by atoms with van der Waals surface area (Å²) in [6, 6.07) is 7.82. The molecule has 1 atom stereocenters. The Morgan fingerprint density at radius 2 is 2.06 bits per heavy atom. The van der Waals surface area contributed by atoms with E-state index in [1.165, 1.54) is 0 Å². The number of fused-ring (bicyclic) bond motifs is 1. The number of carbonyl (C=O) groups excluding carboxylic acids is 1. The molecule has 0 aliphatic carbocycles. The fourth-order valence-corrected chi connectivity index (χ4v) is 1.86. The number of hydrogen-bond acceptors (Lipinski definition) is 3. The first kappa shape index (κ1) is 12.0. The van der Waals surface area contributed by atoms with E-state index in [2.05, 4.69) is 0 Å². The first-order valence-corrected chi connectivity index (χ1v) is 5.93. The van der Waals surface area contributed by atoms with Crippen molar-refractivity contribution in [1.82, 2.24) is 0 Å². The fourth-order valence-electron chi connectivity index (χ4n) is 1.86. The second-order valence-electron chi connectivity index (χ2n) is 5.29. The number of esters is 1. The Kier molecular flexibility index (Phi) is 3.09. The molecule has 2 rings (SSSR count). The highest BCUT2D eigenvalue weighted by molar-refractivity contribution is 5.76. The number of para-hydroxylation sites is 1. The zero-order valence-corrected chi connectivity index (χ0v) is 10.5. The Labute approximate surface area is 102 Å². The van der Waals surface area contributed by atoms with E-state index in [4.69, 9.17) is 9.47 Å². The summed E-state index contributed by atoms with van der Waals surface area (Å²) in [7, 11) is 0. The van der Waals surface area contributed by atoms with Crippen LogP contribution in [-0.4, -0.2) is 17.7 Å². The highest BCUT2D eigenvalue weighted by atomic mass is 16.6. The van der Waals surface area contributed by atoms with Gasteiger partial charge < -0.3 is 9.47 Å². The lowest BCUT2D eigenvalue weighted by Crippen LogP contribution is -2.37. The van der Waals surface area contributed by atoms with Crippen LogP contribution < -0.4 is 4.74 Å². The van der Waals surface area contributed by atoms with Crippen LogP contribution in [0.2, 0.25) is 0 Å². The zero-order chi connectivity index (χ0) is 12.5. The lowest BCUT2D eigenvalue weighted by molar-refractivity contribution is -0.164. The molecule has 1 aliphatic rings. The van der Waals surface area contributed by atoms with Crippen LogP contribution in [0.5, 0.6) is 5.75 Å². The van der Waals surface area contributed by atoms with Crippen molar-refractivity contribution in [2.45, 2.75) is 45.3 Å². The van der Waals surface area contributed by atoms with Gasteiger partial charge in [-0.2, -0.15) is 0 Å². The number of aryl methyl sites for hydroxylation is 1. The van der Waals surface area contributed by atoms with Crippen molar-refractivity contribution in [2.75, 3.05) is 0 Å². The third kappa shape index (κ3) is 2.99. The second-order valence-corrected chi connectivity index (χ2v) is 5.29. The van der Waals surface area contributed by atoms with Gasteiger partial charge in [0.25, 0.3) is 0 Å². The van der Waals surface area contributed by atoms with Gasteiger partial charge in [-0.3, -0.25) is 0 Å². The van der Waals surface area contributed by atoms with Gasteiger partial charge in [-0.25, -0.2) is 4.79 Å². The highest BCUT2D eigenvalue weighted by Crippen LogP contribution is 2.28. The average molecular weight is 234 g/mol. The lowest BCUT2D eigenvalue weighted by atomic mass is 10.0. The first-order chi connectivity index (χ1) is 7.96. The summed E-state index contributed by atoms with van der Waals surface area (Å²) in [4.78, 5) is 11.9. The van der Waals surface area contributed by atoms with Crippen LogP contribution in [-0.2, 0) is 16.0 Å². The summed E-state index contributed by atoms with van der Waals surface area (Å²) >= 11 is 0. The molecule has 0 saturated carbocycles. The molecule has 0 fully saturated rings. The summed E-state index contributed by atoms with van der Waals surface area (Å²) in [5.74, 6) is 0.529. The number of ether oxygens (including phenoxy) is 2. The summed E-state index contributed by atoms with van der Waals surface area (Å²) in [6.45, 7) is 5.59. The van der Waals surface area contributed by atoms with Crippen LogP contribution in [0.3, 0.4) is 0 Å². The van der Waals surface area contributed by atoms with E-state index in [0.29, 0.717) is 6.42 Å². The van der Waals surface area contributed by atoms with Gasteiger partial charge >= 0.3 is 5.97 Å². The number of benzene rings is 1. The van der Waals surface area contributed by atoms with Gasteiger partial charge in [0.1, 0.15) is 11.4 Å². The molecule has 92 valence electrons. The summed E-state index contributed by atoms with van der Waals surface area (Å²) in [5, 5.41) is 0. The molecule has 1 aromatic carbocycles. The summed E-state index contributed by atoms with van der Waals surface area (Å²) < 4.78 is 11.0. The zero-order valence-electron chi connectivity index (χ0n) is 10.5. The highest BCUT2D eigenvalue weighted by Gasteiger charge is 2.29. The molecule has 3 nitrogen and oxygen atoms in total. The molecule has 0 N–H and O–H groups in total. The molecule has 0 saturated heterocycles. The van der Waals surface area contributed by atoms with Gasteiger partial charge in [-0.05, 0) is 45.2 Å². The molecule has 0 aromatic heterocycles. The molecule has 0 bridgehead atoms. The van der Waals surface area contributed by atoms with Gasteiger partial charge in [-0.15, -0.1) is 0 Å². The second kappa shape index (κ2) is 4.40. The minimum Gasteiger partial charge on any atom is -0.478 e. The molecule has 17 heavy (non-hydrogen) atoms. The molecular formula is C14H18O3. The Hall–Kier alpha value is -1.51. The van der Waals surface area contributed by atoms with Gasteiger partial charge in [0.2, 0.25) is 0 Å². The topological polar surface area (TPSA) is 35.5 Å². The lowest BCUT2D eigenvalue weighted by Gasteiger charge is -2.28. The van der Waals surface area contributed by atoms with Crippen LogP contribution in [0.4, 0.5) is 0 Å². The Balaban J connectivity index is 2.05. The van der Waals surface area contributed by atoms with Crippen molar-refractivity contribution in [1.29, 1.82) is 0 Å². The third-order valence-corrected chi connectivity index (χ3v) is 2.59. The monoisotopic (exact) mass is 234 g/mol. The average Bonchev–Trinajstić information content (AvgIpc) is 2.26. The normalized spacial score (nSPS) is 19.1. The van der Waals surface area contributed by atoms with E-state index in [0.717, 1.165) is 17.7 Å². The molecule has 1 heterocycles. The smallest absolute Gasteiger partial charge is 0.347 e. The molecule has 0 amide bonds. The van der Waals surface area contributed by atoms with Crippen molar-refractivity contribution >= 4 is 5.97 Å². The Morgan fingerprint density at radius 3 is 2.76 bits per heavy atom. The van der Waals surface area contributed by atoms with Gasteiger partial charge in [0.05, 0.1) is 0 Å². The van der Waals surface area contributed by atoms with Crippen molar-refractivity contribution in [3.8, 4) is 5.75 Å². The van der Waals surface area contributed by atoms with E-state index in [9.17, 15) is 4.79 Å². The molecule has 1 aromatic rings. The molecule has 0 spiro atoms. The molecular weight excluding hydrogens is 216 g/mol. The van der Waals surface area contributed by atoms with Crippen LogP contribution in [0.1, 0.15) is 32.8 Å². The quantitative estimate of drug-likeness (QED) is 0.701. The maximum Gasteiger partial charge on any atom is 0.347 e.